The molecule has 0 saturated heterocycles. The van der Waals surface area contributed by atoms with Gasteiger partial charge in [-0.3, -0.25) is 14.6 Å². The van der Waals surface area contributed by atoms with Crippen molar-refractivity contribution in [2.24, 2.45) is 5.92 Å². The fourth-order valence-corrected chi connectivity index (χ4v) is 3.36. The summed E-state index contributed by atoms with van der Waals surface area (Å²) < 4.78 is 0. The maximum atomic E-state index is 12.9. The third-order valence-electron chi connectivity index (χ3n) is 4.74. The van der Waals surface area contributed by atoms with Crippen LogP contribution in [0.4, 0.5) is 17.5 Å². The van der Waals surface area contributed by atoms with Gasteiger partial charge in [-0.1, -0.05) is 48.0 Å². The van der Waals surface area contributed by atoms with Crippen molar-refractivity contribution < 1.29 is 4.79 Å². The quantitative estimate of drug-likeness (QED) is 0.655. The number of rotatable bonds is 3. The number of H-pyrrole nitrogens is 1. The highest BCUT2D eigenvalue weighted by molar-refractivity contribution is 5.98. The van der Waals surface area contributed by atoms with Crippen LogP contribution < -0.4 is 16.2 Å². The molecule has 3 aromatic rings. The van der Waals surface area contributed by atoms with Crippen LogP contribution in [-0.4, -0.2) is 15.9 Å². The molecule has 0 bridgehead atoms. The van der Waals surface area contributed by atoms with Crippen molar-refractivity contribution in [1.82, 2.24) is 9.97 Å². The van der Waals surface area contributed by atoms with Gasteiger partial charge in [0.05, 0.1) is 11.6 Å². The molecule has 1 aromatic heterocycles. The number of para-hydroxylation sites is 1. The molecule has 0 radical (unpaired) electrons. The number of nitrogens with zero attached hydrogens (tertiary/aromatic N) is 2. The van der Waals surface area contributed by atoms with Gasteiger partial charge in [-0.2, -0.15) is 10.2 Å². The van der Waals surface area contributed by atoms with E-state index in [1.807, 2.05) is 67.6 Å². The molecule has 4 rings (SSSR count). The van der Waals surface area contributed by atoms with Crippen molar-refractivity contribution in [3.05, 3.63) is 81.6 Å². The van der Waals surface area contributed by atoms with Crippen molar-refractivity contribution in [3.63, 3.8) is 0 Å². The van der Waals surface area contributed by atoms with Crippen molar-refractivity contribution >= 4 is 23.4 Å². The lowest BCUT2D eigenvalue weighted by Gasteiger charge is -2.28. The zero-order chi connectivity index (χ0) is 19.7. The molecule has 1 aliphatic rings. The Labute approximate surface area is 161 Å². The Balaban J connectivity index is 1.82. The first-order valence-corrected chi connectivity index (χ1v) is 8.80. The summed E-state index contributed by atoms with van der Waals surface area (Å²) in [6.07, 6.45) is 0. The fourth-order valence-electron chi connectivity index (χ4n) is 3.36. The number of carbonyl (C=O) groups is 1. The molecule has 1 amide bonds. The summed E-state index contributed by atoms with van der Waals surface area (Å²) in [6.45, 7) is 1.95. The number of carbonyl (C=O) groups excluding carboxylic acids is 1. The number of aromatic amines is 1. The second-order valence-electron chi connectivity index (χ2n) is 6.65. The van der Waals surface area contributed by atoms with Gasteiger partial charge in [0.25, 0.3) is 5.56 Å². The van der Waals surface area contributed by atoms with Crippen molar-refractivity contribution in [3.8, 4) is 6.07 Å². The smallest absolute Gasteiger partial charge is 0.258 e. The van der Waals surface area contributed by atoms with Gasteiger partial charge in [0, 0.05) is 11.6 Å². The van der Waals surface area contributed by atoms with Gasteiger partial charge in [-0.05, 0) is 24.6 Å². The monoisotopic (exact) mass is 371 g/mol. The molecule has 1 aliphatic heterocycles. The molecule has 0 fully saturated rings. The first-order valence-electron chi connectivity index (χ1n) is 8.80. The Bertz CT molecular complexity index is 1130. The van der Waals surface area contributed by atoms with E-state index < -0.39 is 23.3 Å². The summed E-state index contributed by atoms with van der Waals surface area (Å²) in [6, 6.07) is 18.7. The second kappa shape index (κ2) is 7.00. The van der Waals surface area contributed by atoms with E-state index in [1.165, 1.54) is 0 Å². The number of anilines is 3. The summed E-state index contributed by atoms with van der Waals surface area (Å²) in [5.74, 6) is -1.77. The fraction of sp³-hybridized carbons (Fsp3) is 0.143. The number of hydrogen-bond donors (Lipinski definition) is 3. The summed E-state index contributed by atoms with van der Waals surface area (Å²) in [4.78, 5) is 32.5. The molecule has 3 N–H and O–H groups in total. The van der Waals surface area contributed by atoms with Gasteiger partial charge in [0.2, 0.25) is 11.9 Å². The molecule has 0 saturated carbocycles. The van der Waals surface area contributed by atoms with E-state index in [2.05, 4.69) is 20.6 Å². The van der Waals surface area contributed by atoms with Crippen LogP contribution in [0.15, 0.2) is 59.4 Å². The molecule has 0 aliphatic carbocycles. The van der Waals surface area contributed by atoms with E-state index in [9.17, 15) is 14.9 Å². The minimum atomic E-state index is -1.01. The molecule has 2 heterocycles. The van der Waals surface area contributed by atoms with E-state index >= 15 is 0 Å². The van der Waals surface area contributed by atoms with Crippen LogP contribution >= 0.6 is 0 Å². The van der Waals surface area contributed by atoms with E-state index in [4.69, 9.17) is 0 Å². The molecule has 138 valence electrons. The van der Waals surface area contributed by atoms with Crippen LogP contribution in [0.2, 0.25) is 0 Å². The number of hydrogen-bond acceptors (Lipinski definition) is 5. The molecular formula is C21H17N5O2. The van der Waals surface area contributed by atoms with Gasteiger partial charge in [0.1, 0.15) is 11.7 Å². The van der Waals surface area contributed by atoms with E-state index in [0.717, 1.165) is 16.8 Å². The predicted molar refractivity (Wildman–Crippen MR) is 105 cm³/mol. The van der Waals surface area contributed by atoms with Gasteiger partial charge in [-0.25, -0.2) is 0 Å². The van der Waals surface area contributed by atoms with Crippen LogP contribution in [-0.2, 0) is 4.79 Å². The molecule has 0 spiro atoms. The summed E-state index contributed by atoms with van der Waals surface area (Å²) in [5, 5.41) is 15.2. The number of nitriles is 1. The number of nitrogens with one attached hydrogen (secondary N) is 3. The maximum Gasteiger partial charge on any atom is 0.258 e. The van der Waals surface area contributed by atoms with E-state index in [0.29, 0.717) is 0 Å². The molecular weight excluding hydrogens is 354 g/mol. The Morgan fingerprint density at radius 1 is 1.07 bits per heavy atom. The van der Waals surface area contributed by atoms with Crippen molar-refractivity contribution in [2.75, 3.05) is 10.6 Å². The highest BCUT2D eigenvalue weighted by atomic mass is 16.2. The van der Waals surface area contributed by atoms with Crippen LogP contribution in [0.3, 0.4) is 0 Å². The lowest BCUT2D eigenvalue weighted by molar-refractivity contribution is -0.119. The second-order valence-corrected chi connectivity index (χ2v) is 6.65. The average molecular weight is 371 g/mol. The van der Waals surface area contributed by atoms with Gasteiger partial charge in [0.15, 0.2) is 0 Å². The number of amides is 1. The van der Waals surface area contributed by atoms with Crippen LogP contribution in [0.1, 0.15) is 22.6 Å². The van der Waals surface area contributed by atoms with Crippen LogP contribution in [0, 0.1) is 24.2 Å². The third-order valence-corrected chi connectivity index (χ3v) is 4.74. The van der Waals surface area contributed by atoms with Crippen LogP contribution in [0.25, 0.3) is 0 Å². The number of fused-ring (bicyclic) bond motifs is 1. The molecule has 2 aromatic carbocycles. The summed E-state index contributed by atoms with van der Waals surface area (Å²) in [5.41, 5.74) is 2.41. The Kier molecular flexibility index (Phi) is 4.38. The first-order chi connectivity index (χ1) is 13.6. The van der Waals surface area contributed by atoms with Crippen molar-refractivity contribution in [1.29, 1.82) is 5.26 Å². The number of benzene rings is 2. The average Bonchev–Trinajstić information content (AvgIpc) is 2.68. The summed E-state index contributed by atoms with van der Waals surface area (Å²) >= 11 is 0. The minimum absolute atomic E-state index is 0.171. The maximum absolute atomic E-state index is 12.9. The number of aromatic nitrogens is 2. The van der Waals surface area contributed by atoms with Gasteiger partial charge >= 0.3 is 0 Å². The normalized spacial score (nSPS) is 17.9. The first kappa shape index (κ1) is 17.5. The zero-order valence-electron chi connectivity index (χ0n) is 15.1. The standard InChI is InChI=1S/C21H17N5O2/c1-12-7-9-13(10-8-12)16-15(11-22)19(27)24-18-17(16)20(28)26-21(25-18)23-14-5-3-2-4-6-14/h2-10,15-16H,1H3,(H3,23,24,25,26,27,28)/t15-,16-/m0/s1. The molecule has 28 heavy (non-hydrogen) atoms. The largest absolute Gasteiger partial charge is 0.326 e. The molecule has 7 nitrogen and oxygen atoms in total. The van der Waals surface area contributed by atoms with E-state index in [1.54, 1.807) is 0 Å². The Hall–Kier alpha value is -3.92. The Morgan fingerprint density at radius 2 is 1.79 bits per heavy atom. The molecule has 7 heteroatoms. The topological polar surface area (TPSA) is 111 Å². The SMILES string of the molecule is Cc1ccc([C@@H]2c3c(nc(Nc4ccccc4)[nH]c3=O)NC(=O)[C@H]2C#N)cc1. The zero-order valence-corrected chi connectivity index (χ0v) is 15.1. The lowest BCUT2D eigenvalue weighted by atomic mass is 9.79. The highest BCUT2D eigenvalue weighted by Crippen LogP contribution is 2.38. The van der Waals surface area contributed by atoms with Gasteiger partial charge < -0.3 is 10.6 Å². The predicted octanol–water partition coefficient (Wildman–Crippen LogP) is 3.05. The van der Waals surface area contributed by atoms with Gasteiger partial charge in [-0.15, -0.1) is 0 Å². The third kappa shape index (κ3) is 3.12. The minimum Gasteiger partial charge on any atom is -0.326 e. The highest BCUT2D eigenvalue weighted by Gasteiger charge is 2.40. The molecule has 2 atom stereocenters. The van der Waals surface area contributed by atoms with E-state index in [-0.39, 0.29) is 17.3 Å². The Morgan fingerprint density at radius 3 is 2.46 bits per heavy atom. The van der Waals surface area contributed by atoms with Crippen molar-refractivity contribution in [2.45, 2.75) is 12.8 Å². The van der Waals surface area contributed by atoms with Crippen LogP contribution in [0.5, 0.6) is 0 Å². The lowest BCUT2D eigenvalue weighted by Crippen LogP contribution is -2.38. The molecule has 0 unspecified atom stereocenters. The number of aryl methyl sites for hydroxylation is 1. The summed E-state index contributed by atoms with van der Waals surface area (Å²) in [7, 11) is 0.